The SMILES string of the molecule is C[C@@H]1C[C@@H](n2c(Nc3ccc(OC(F)(F)F)cc3)nc3cc(C(=O)O)ccc32)CC(C)(C)C1. The maximum Gasteiger partial charge on any atom is 0.573 e. The van der Waals surface area contributed by atoms with E-state index < -0.39 is 12.3 Å². The van der Waals surface area contributed by atoms with Crippen LogP contribution in [0, 0.1) is 11.3 Å². The zero-order valence-corrected chi connectivity index (χ0v) is 18.6. The number of alkyl halides is 3. The Bertz CT molecular complexity index is 1170. The van der Waals surface area contributed by atoms with Gasteiger partial charge in [-0.15, -0.1) is 13.2 Å². The van der Waals surface area contributed by atoms with Gasteiger partial charge < -0.3 is 19.7 Å². The second kappa shape index (κ2) is 8.28. The van der Waals surface area contributed by atoms with E-state index in [0.29, 0.717) is 23.1 Å². The van der Waals surface area contributed by atoms with Gasteiger partial charge in [-0.3, -0.25) is 0 Å². The van der Waals surface area contributed by atoms with Crippen molar-refractivity contribution in [3.05, 3.63) is 48.0 Å². The van der Waals surface area contributed by atoms with Crippen molar-refractivity contribution in [2.45, 2.75) is 52.4 Å². The Balaban J connectivity index is 1.73. The van der Waals surface area contributed by atoms with Gasteiger partial charge in [0, 0.05) is 11.7 Å². The Morgan fingerprint density at radius 1 is 1.18 bits per heavy atom. The Hall–Kier alpha value is -3.23. The number of carbonyl (C=O) groups is 1. The van der Waals surface area contributed by atoms with Crippen molar-refractivity contribution < 1.29 is 27.8 Å². The summed E-state index contributed by atoms with van der Waals surface area (Å²) in [7, 11) is 0. The number of imidazole rings is 1. The lowest BCUT2D eigenvalue weighted by Gasteiger charge is -2.40. The maximum atomic E-state index is 12.5. The molecule has 1 saturated carbocycles. The van der Waals surface area contributed by atoms with Crippen LogP contribution in [0.3, 0.4) is 0 Å². The first-order chi connectivity index (χ1) is 15.4. The Morgan fingerprint density at radius 3 is 2.48 bits per heavy atom. The van der Waals surface area contributed by atoms with Gasteiger partial charge in [0.2, 0.25) is 5.95 Å². The lowest BCUT2D eigenvalue weighted by atomic mass is 9.70. The zero-order valence-electron chi connectivity index (χ0n) is 18.6. The Morgan fingerprint density at radius 2 is 1.88 bits per heavy atom. The molecule has 1 aliphatic rings. The molecule has 2 N–H and O–H groups in total. The van der Waals surface area contributed by atoms with Crippen LogP contribution in [0.2, 0.25) is 0 Å². The topological polar surface area (TPSA) is 76.4 Å². The third kappa shape index (κ3) is 5.23. The molecule has 176 valence electrons. The number of fused-ring (bicyclic) bond motifs is 1. The molecule has 4 rings (SSSR count). The molecule has 0 bridgehead atoms. The van der Waals surface area contributed by atoms with Gasteiger partial charge in [0.05, 0.1) is 16.6 Å². The van der Waals surface area contributed by atoms with Gasteiger partial charge in [0.25, 0.3) is 0 Å². The highest BCUT2D eigenvalue weighted by Crippen LogP contribution is 2.46. The van der Waals surface area contributed by atoms with Crippen LogP contribution in [0.1, 0.15) is 56.4 Å². The summed E-state index contributed by atoms with van der Waals surface area (Å²) in [5, 5.41) is 12.6. The average molecular weight is 461 g/mol. The number of nitrogens with one attached hydrogen (secondary N) is 1. The summed E-state index contributed by atoms with van der Waals surface area (Å²) in [4.78, 5) is 16.1. The fourth-order valence-corrected chi connectivity index (χ4v) is 5.05. The second-order valence-electron chi connectivity index (χ2n) is 9.58. The van der Waals surface area contributed by atoms with Gasteiger partial charge in [-0.25, -0.2) is 9.78 Å². The lowest BCUT2D eigenvalue weighted by Crippen LogP contribution is -2.29. The number of ether oxygens (including phenoxy) is 1. The van der Waals surface area contributed by atoms with E-state index in [-0.39, 0.29) is 22.8 Å². The lowest BCUT2D eigenvalue weighted by molar-refractivity contribution is -0.274. The number of hydrogen-bond acceptors (Lipinski definition) is 4. The number of nitrogens with zero attached hydrogens (tertiary/aromatic N) is 2. The van der Waals surface area contributed by atoms with Crippen LogP contribution in [0.4, 0.5) is 24.8 Å². The predicted molar refractivity (Wildman–Crippen MR) is 119 cm³/mol. The standard InChI is InChI=1S/C24H26F3N3O3/c1-14-10-17(13-23(2,3)12-14)30-20-9-4-15(21(31)32)11-19(20)29-22(30)28-16-5-7-18(8-6-16)33-24(25,26)27/h4-9,11,14,17H,10,12-13H2,1-3H3,(H,28,29)(H,31,32)/t14-,17-/m1/s1. The van der Waals surface area contributed by atoms with E-state index in [1.165, 1.54) is 30.3 Å². The van der Waals surface area contributed by atoms with E-state index in [0.717, 1.165) is 24.8 Å². The average Bonchev–Trinajstić information content (AvgIpc) is 3.03. The van der Waals surface area contributed by atoms with Crippen molar-refractivity contribution >= 4 is 28.6 Å². The number of aromatic carboxylic acids is 1. The minimum Gasteiger partial charge on any atom is -0.478 e. The van der Waals surface area contributed by atoms with Crippen molar-refractivity contribution in [3.63, 3.8) is 0 Å². The Labute approximate surface area is 189 Å². The molecule has 0 amide bonds. The minimum atomic E-state index is -4.75. The van der Waals surface area contributed by atoms with Crippen molar-refractivity contribution in [1.29, 1.82) is 0 Å². The molecule has 2 aromatic carbocycles. The largest absolute Gasteiger partial charge is 0.573 e. The van der Waals surface area contributed by atoms with Crippen molar-refractivity contribution in [2.75, 3.05) is 5.32 Å². The van der Waals surface area contributed by atoms with Crippen LogP contribution in [-0.4, -0.2) is 27.0 Å². The predicted octanol–water partition coefficient (Wildman–Crippen LogP) is 6.76. The van der Waals surface area contributed by atoms with Gasteiger partial charge in [0.15, 0.2) is 0 Å². The number of hydrogen-bond donors (Lipinski definition) is 2. The molecule has 2 atom stereocenters. The minimum absolute atomic E-state index is 0.133. The van der Waals surface area contributed by atoms with E-state index in [1.807, 2.05) is 0 Å². The molecule has 1 aromatic heterocycles. The fraction of sp³-hybridized carbons (Fsp3) is 0.417. The molecule has 1 aliphatic carbocycles. The monoisotopic (exact) mass is 461 g/mol. The van der Waals surface area contributed by atoms with Crippen molar-refractivity contribution in [1.82, 2.24) is 9.55 Å². The summed E-state index contributed by atoms with van der Waals surface area (Å²) in [5.41, 5.74) is 2.18. The number of anilines is 2. The molecular weight excluding hydrogens is 435 g/mol. The van der Waals surface area contributed by atoms with Crippen LogP contribution in [-0.2, 0) is 0 Å². The number of halogens is 3. The first-order valence-electron chi connectivity index (χ1n) is 10.8. The summed E-state index contributed by atoms with van der Waals surface area (Å²) in [6, 6.07) is 10.4. The van der Waals surface area contributed by atoms with E-state index in [4.69, 9.17) is 0 Å². The van der Waals surface area contributed by atoms with Crippen molar-refractivity contribution in [2.24, 2.45) is 11.3 Å². The fourth-order valence-electron chi connectivity index (χ4n) is 5.05. The molecule has 33 heavy (non-hydrogen) atoms. The van der Waals surface area contributed by atoms with Gasteiger partial charge in [-0.2, -0.15) is 0 Å². The molecule has 0 aliphatic heterocycles. The number of rotatable bonds is 5. The van der Waals surface area contributed by atoms with Crippen LogP contribution in [0.5, 0.6) is 5.75 Å². The molecular formula is C24H26F3N3O3. The molecule has 9 heteroatoms. The molecule has 0 radical (unpaired) electrons. The molecule has 1 heterocycles. The number of aromatic nitrogens is 2. The maximum absolute atomic E-state index is 12.5. The molecule has 1 fully saturated rings. The first kappa shape index (κ1) is 22.9. The first-order valence-corrected chi connectivity index (χ1v) is 10.8. The van der Waals surface area contributed by atoms with E-state index >= 15 is 0 Å². The normalized spacial score (nSPS) is 20.5. The number of carboxylic acids is 1. The van der Waals surface area contributed by atoms with Crippen molar-refractivity contribution in [3.8, 4) is 5.75 Å². The summed E-state index contributed by atoms with van der Waals surface area (Å²) < 4.78 is 43.4. The third-order valence-corrected chi connectivity index (χ3v) is 6.01. The molecule has 0 saturated heterocycles. The van der Waals surface area contributed by atoms with Gasteiger partial charge in [-0.1, -0.05) is 20.8 Å². The molecule has 6 nitrogen and oxygen atoms in total. The van der Waals surface area contributed by atoms with Gasteiger partial charge >= 0.3 is 12.3 Å². The highest BCUT2D eigenvalue weighted by molar-refractivity contribution is 5.93. The third-order valence-electron chi connectivity index (χ3n) is 6.01. The summed E-state index contributed by atoms with van der Waals surface area (Å²) in [6.07, 6.45) is -1.77. The number of benzene rings is 2. The summed E-state index contributed by atoms with van der Waals surface area (Å²) in [6.45, 7) is 6.70. The van der Waals surface area contributed by atoms with Crippen LogP contribution in [0.25, 0.3) is 11.0 Å². The summed E-state index contributed by atoms with van der Waals surface area (Å²) >= 11 is 0. The quantitative estimate of drug-likeness (QED) is 0.439. The second-order valence-corrected chi connectivity index (χ2v) is 9.58. The highest BCUT2D eigenvalue weighted by atomic mass is 19.4. The smallest absolute Gasteiger partial charge is 0.478 e. The Kier molecular flexibility index (Phi) is 5.76. The van der Waals surface area contributed by atoms with E-state index in [9.17, 15) is 23.1 Å². The highest BCUT2D eigenvalue weighted by Gasteiger charge is 2.35. The molecule has 0 spiro atoms. The van der Waals surface area contributed by atoms with Crippen LogP contribution >= 0.6 is 0 Å². The van der Waals surface area contributed by atoms with Crippen LogP contribution < -0.4 is 10.1 Å². The summed E-state index contributed by atoms with van der Waals surface area (Å²) in [5.74, 6) is -0.322. The molecule has 0 unspecified atom stereocenters. The van der Waals surface area contributed by atoms with Crippen LogP contribution in [0.15, 0.2) is 42.5 Å². The zero-order chi connectivity index (χ0) is 24.0. The van der Waals surface area contributed by atoms with E-state index in [1.54, 1.807) is 12.1 Å². The van der Waals surface area contributed by atoms with Gasteiger partial charge in [0.1, 0.15) is 5.75 Å². The molecule has 3 aromatic rings. The van der Waals surface area contributed by atoms with Gasteiger partial charge in [-0.05, 0) is 73.1 Å². The number of carboxylic acid groups (broad SMARTS) is 1. The van der Waals surface area contributed by atoms with E-state index in [2.05, 4.69) is 40.4 Å².